The van der Waals surface area contributed by atoms with Crippen molar-refractivity contribution >= 4 is 29.9 Å². The summed E-state index contributed by atoms with van der Waals surface area (Å²) in [6.07, 6.45) is 3.48. The van der Waals surface area contributed by atoms with Crippen LogP contribution in [-0.4, -0.2) is 35.7 Å². The van der Waals surface area contributed by atoms with Gasteiger partial charge < -0.3 is 15.2 Å². The van der Waals surface area contributed by atoms with Gasteiger partial charge in [-0.05, 0) is 62.0 Å². The lowest BCUT2D eigenvalue weighted by molar-refractivity contribution is -0.122. The summed E-state index contributed by atoms with van der Waals surface area (Å²) in [7, 11) is 0. The number of hydrogen-bond acceptors (Lipinski definition) is 5. The summed E-state index contributed by atoms with van der Waals surface area (Å²) in [4.78, 5) is 16.5. The number of hydrogen-bond donors (Lipinski definition) is 2. The maximum Gasteiger partial charge on any atom is 0.228 e. The molecule has 27 heavy (non-hydrogen) atoms. The van der Waals surface area contributed by atoms with E-state index in [1.165, 1.54) is 12.8 Å². The van der Waals surface area contributed by atoms with E-state index < -0.39 is 0 Å². The predicted molar refractivity (Wildman–Crippen MR) is 108 cm³/mol. The predicted octanol–water partition coefficient (Wildman–Crippen LogP) is 3.50. The molecule has 3 rings (SSSR count). The molecule has 8 heteroatoms. The van der Waals surface area contributed by atoms with Crippen molar-refractivity contribution in [1.29, 1.82) is 0 Å². The minimum atomic E-state index is 0. The number of carbonyl (C=O) groups excluding carboxylic acids is 1. The van der Waals surface area contributed by atoms with Crippen molar-refractivity contribution in [2.75, 3.05) is 19.6 Å². The Morgan fingerprint density at radius 1 is 1.41 bits per heavy atom. The third-order valence-corrected chi connectivity index (χ3v) is 5.13. The molecule has 2 heterocycles. The molecule has 2 unspecified atom stereocenters. The van der Waals surface area contributed by atoms with Crippen LogP contribution in [-0.2, 0) is 11.2 Å². The van der Waals surface area contributed by atoms with Crippen LogP contribution in [0.4, 0.5) is 0 Å². The summed E-state index contributed by atoms with van der Waals surface area (Å²) in [5.41, 5.74) is 0.850. The first-order valence-electron chi connectivity index (χ1n) is 9.18. The number of rotatable bonds is 7. The van der Waals surface area contributed by atoms with Crippen LogP contribution >= 0.6 is 24.0 Å². The van der Waals surface area contributed by atoms with Gasteiger partial charge in [-0.15, -0.1) is 12.4 Å². The van der Waals surface area contributed by atoms with E-state index in [9.17, 15) is 4.79 Å². The molecule has 1 aromatic carbocycles. The third kappa shape index (κ3) is 6.48. The molecule has 148 valence electrons. The summed E-state index contributed by atoms with van der Waals surface area (Å²) in [6, 6.07) is 7.27. The number of amides is 1. The number of benzene rings is 1. The van der Waals surface area contributed by atoms with E-state index >= 15 is 0 Å². The van der Waals surface area contributed by atoms with Crippen molar-refractivity contribution in [3.8, 4) is 11.4 Å². The number of nitrogens with zero attached hydrogens (tertiary/aromatic N) is 2. The van der Waals surface area contributed by atoms with Crippen molar-refractivity contribution in [3.05, 3.63) is 35.2 Å². The van der Waals surface area contributed by atoms with Gasteiger partial charge in [0.1, 0.15) is 0 Å². The summed E-state index contributed by atoms with van der Waals surface area (Å²) in [5, 5.41) is 11.0. The van der Waals surface area contributed by atoms with Gasteiger partial charge in [0.15, 0.2) is 0 Å². The fraction of sp³-hybridized carbons (Fsp3) is 0.526. The zero-order valence-corrected chi connectivity index (χ0v) is 17.0. The molecule has 0 bridgehead atoms. The Morgan fingerprint density at radius 2 is 2.19 bits per heavy atom. The lowest BCUT2D eigenvalue weighted by Crippen LogP contribution is -2.36. The van der Waals surface area contributed by atoms with Gasteiger partial charge in [-0.3, -0.25) is 4.79 Å². The number of aromatic nitrogens is 2. The Hall–Kier alpha value is -1.63. The minimum absolute atomic E-state index is 0. The van der Waals surface area contributed by atoms with Crippen LogP contribution in [0.3, 0.4) is 0 Å². The molecular formula is C19H26Cl2N4O2. The second-order valence-electron chi connectivity index (χ2n) is 6.91. The summed E-state index contributed by atoms with van der Waals surface area (Å²) < 4.78 is 5.25. The lowest BCUT2D eigenvalue weighted by atomic mass is 9.85. The van der Waals surface area contributed by atoms with E-state index in [1.807, 2.05) is 12.1 Å². The normalized spacial score (nSPS) is 17.8. The summed E-state index contributed by atoms with van der Waals surface area (Å²) in [5.74, 6) is 2.11. The fourth-order valence-electron chi connectivity index (χ4n) is 3.28. The Kier molecular flexibility index (Phi) is 8.54. The van der Waals surface area contributed by atoms with Gasteiger partial charge in [0.2, 0.25) is 17.6 Å². The van der Waals surface area contributed by atoms with Crippen LogP contribution < -0.4 is 10.6 Å². The quantitative estimate of drug-likeness (QED) is 0.727. The fourth-order valence-corrected chi connectivity index (χ4v) is 3.40. The van der Waals surface area contributed by atoms with Gasteiger partial charge in [-0.25, -0.2) is 0 Å². The maximum absolute atomic E-state index is 12.1. The van der Waals surface area contributed by atoms with Crippen LogP contribution in [0.15, 0.2) is 28.8 Å². The van der Waals surface area contributed by atoms with Crippen molar-refractivity contribution in [1.82, 2.24) is 20.8 Å². The monoisotopic (exact) mass is 412 g/mol. The molecule has 1 amide bonds. The molecule has 1 aliphatic rings. The average Bonchev–Trinajstić information content (AvgIpc) is 3.12. The number of nitrogens with one attached hydrogen (secondary N) is 2. The smallest absolute Gasteiger partial charge is 0.228 e. The van der Waals surface area contributed by atoms with Crippen LogP contribution in [0.25, 0.3) is 11.4 Å². The highest BCUT2D eigenvalue weighted by Crippen LogP contribution is 2.22. The molecular weight excluding hydrogens is 387 g/mol. The van der Waals surface area contributed by atoms with Crippen LogP contribution in [0.5, 0.6) is 0 Å². The topological polar surface area (TPSA) is 80.1 Å². The van der Waals surface area contributed by atoms with E-state index in [0.717, 1.165) is 18.7 Å². The highest BCUT2D eigenvalue weighted by atomic mass is 35.5. The number of piperidine rings is 1. The van der Waals surface area contributed by atoms with E-state index in [2.05, 4.69) is 27.7 Å². The first kappa shape index (κ1) is 21.7. The molecule has 0 saturated carbocycles. The van der Waals surface area contributed by atoms with Crippen LogP contribution in [0, 0.1) is 11.8 Å². The van der Waals surface area contributed by atoms with Gasteiger partial charge in [0.25, 0.3) is 0 Å². The molecule has 0 spiro atoms. The first-order chi connectivity index (χ1) is 12.6. The second kappa shape index (κ2) is 10.6. The Balaban J connectivity index is 0.00000261. The largest absolute Gasteiger partial charge is 0.356 e. The van der Waals surface area contributed by atoms with Crippen molar-refractivity contribution in [3.63, 3.8) is 0 Å². The van der Waals surface area contributed by atoms with E-state index in [1.54, 1.807) is 12.1 Å². The first-order valence-corrected chi connectivity index (χ1v) is 9.55. The molecule has 1 fully saturated rings. The van der Waals surface area contributed by atoms with Crippen LogP contribution in [0.2, 0.25) is 5.02 Å². The van der Waals surface area contributed by atoms with Gasteiger partial charge in [-0.1, -0.05) is 23.7 Å². The average molecular weight is 413 g/mol. The van der Waals surface area contributed by atoms with E-state index in [0.29, 0.717) is 48.0 Å². The minimum Gasteiger partial charge on any atom is -0.356 e. The molecule has 2 N–H and O–H groups in total. The Labute approximate surface area is 170 Å². The Morgan fingerprint density at radius 3 is 2.89 bits per heavy atom. The second-order valence-corrected chi connectivity index (χ2v) is 7.34. The molecule has 0 radical (unpaired) electrons. The molecule has 0 aliphatic carbocycles. The summed E-state index contributed by atoms with van der Waals surface area (Å²) >= 11 is 5.88. The zero-order valence-electron chi connectivity index (χ0n) is 15.4. The Bertz CT molecular complexity index is 715. The van der Waals surface area contributed by atoms with E-state index in [-0.39, 0.29) is 18.3 Å². The van der Waals surface area contributed by atoms with Gasteiger partial charge >= 0.3 is 0 Å². The van der Waals surface area contributed by atoms with Crippen LogP contribution in [0.1, 0.15) is 32.1 Å². The molecule has 2 aromatic rings. The van der Waals surface area contributed by atoms with Gasteiger partial charge in [0, 0.05) is 30.0 Å². The SMILES string of the molecule is CC(CC(=O)NCCc1nc(-c2ccc(Cl)cc2)no1)C1CCCNC1.Cl. The highest BCUT2D eigenvalue weighted by Gasteiger charge is 2.21. The zero-order chi connectivity index (χ0) is 18.4. The van der Waals surface area contributed by atoms with E-state index in [4.69, 9.17) is 16.1 Å². The van der Waals surface area contributed by atoms with Gasteiger partial charge in [0.05, 0.1) is 0 Å². The highest BCUT2D eigenvalue weighted by molar-refractivity contribution is 6.30. The summed E-state index contributed by atoms with van der Waals surface area (Å²) in [6.45, 7) is 4.77. The molecule has 2 atom stereocenters. The molecule has 1 aliphatic heterocycles. The number of carbonyl (C=O) groups is 1. The van der Waals surface area contributed by atoms with Gasteiger partial charge in [-0.2, -0.15) is 4.98 Å². The molecule has 1 aromatic heterocycles. The molecule has 1 saturated heterocycles. The molecule has 6 nitrogen and oxygen atoms in total. The lowest BCUT2D eigenvalue weighted by Gasteiger charge is -2.27. The standard InChI is InChI=1S/C19H25ClN4O2.ClH/c1-13(15-3-2-9-21-12-15)11-17(25)22-10-8-18-23-19(24-26-18)14-4-6-16(20)7-5-14;/h4-7,13,15,21H,2-3,8-12H2,1H3,(H,22,25);1H. The maximum atomic E-state index is 12.1. The third-order valence-electron chi connectivity index (χ3n) is 4.88. The van der Waals surface area contributed by atoms with Crippen molar-refractivity contribution in [2.24, 2.45) is 11.8 Å². The van der Waals surface area contributed by atoms with Crippen molar-refractivity contribution < 1.29 is 9.32 Å². The number of halogens is 2. The van der Waals surface area contributed by atoms with Crippen molar-refractivity contribution in [2.45, 2.75) is 32.6 Å².